The SMILES string of the molecule is CCCC(=O)Nc1ccc(C(=O)[C@H](C)OC(=O)c2cc(-c3ccccc3)n[nH]2)cc1. The predicted molar refractivity (Wildman–Crippen MR) is 113 cm³/mol. The first-order valence-corrected chi connectivity index (χ1v) is 9.74. The van der Waals surface area contributed by atoms with E-state index >= 15 is 0 Å². The van der Waals surface area contributed by atoms with Gasteiger partial charge < -0.3 is 10.1 Å². The molecule has 0 aliphatic heterocycles. The normalized spacial score (nSPS) is 11.5. The lowest BCUT2D eigenvalue weighted by molar-refractivity contribution is -0.116. The van der Waals surface area contributed by atoms with Crippen LogP contribution < -0.4 is 5.32 Å². The number of aromatic amines is 1. The second kappa shape index (κ2) is 9.65. The second-order valence-electron chi connectivity index (χ2n) is 6.82. The topological polar surface area (TPSA) is 101 Å². The van der Waals surface area contributed by atoms with Crippen molar-refractivity contribution in [2.24, 2.45) is 0 Å². The third kappa shape index (κ3) is 5.20. The van der Waals surface area contributed by atoms with Crippen LogP contribution in [0.4, 0.5) is 5.69 Å². The predicted octanol–water partition coefficient (Wildman–Crippen LogP) is 4.24. The number of carbonyl (C=O) groups excluding carboxylic acids is 3. The molecule has 1 atom stereocenters. The van der Waals surface area contributed by atoms with Crippen molar-refractivity contribution >= 4 is 23.3 Å². The molecule has 2 aromatic carbocycles. The van der Waals surface area contributed by atoms with Gasteiger partial charge in [0.15, 0.2) is 6.10 Å². The summed E-state index contributed by atoms with van der Waals surface area (Å²) in [5.41, 5.74) is 2.65. The quantitative estimate of drug-likeness (QED) is 0.431. The van der Waals surface area contributed by atoms with Gasteiger partial charge in [-0.1, -0.05) is 37.3 Å². The Morgan fingerprint density at radius 2 is 1.77 bits per heavy atom. The Bertz CT molecular complexity index is 1030. The Morgan fingerprint density at radius 1 is 1.07 bits per heavy atom. The molecule has 30 heavy (non-hydrogen) atoms. The van der Waals surface area contributed by atoms with Crippen LogP contribution in [0.1, 0.15) is 47.5 Å². The smallest absolute Gasteiger partial charge is 0.357 e. The van der Waals surface area contributed by atoms with Gasteiger partial charge in [0.2, 0.25) is 11.7 Å². The van der Waals surface area contributed by atoms with Crippen LogP contribution in [0.25, 0.3) is 11.3 Å². The molecular weight excluding hydrogens is 382 g/mol. The molecule has 3 rings (SSSR count). The lowest BCUT2D eigenvalue weighted by Gasteiger charge is -2.12. The van der Waals surface area contributed by atoms with Crippen LogP contribution in [0.2, 0.25) is 0 Å². The number of hydrogen-bond acceptors (Lipinski definition) is 5. The fraction of sp³-hybridized carbons (Fsp3) is 0.217. The number of carbonyl (C=O) groups is 3. The third-order valence-corrected chi connectivity index (χ3v) is 4.45. The number of benzene rings is 2. The summed E-state index contributed by atoms with van der Waals surface area (Å²) in [6.07, 6.45) is 0.225. The summed E-state index contributed by atoms with van der Waals surface area (Å²) < 4.78 is 5.30. The van der Waals surface area contributed by atoms with Gasteiger partial charge in [-0.3, -0.25) is 14.7 Å². The number of amides is 1. The van der Waals surface area contributed by atoms with Crippen LogP contribution in [0.5, 0.6) is 0 Å². The minimum absolute atomic E-state index is 0.0756. The maximum Gasteiger partial charge on any atom is 0.357 e. The second-order valence-corrected chi connectivity index (χ2v) is 6.82. The maximum atomic E-state index is 12.6. The maximum absolute atomic E-state index is 12.6. The molecule has 2 N–H and O–H groups in total. The van der Waals surface area contributed by atoms with Crippen molar-refractivity contribution in [2.45, 2.75) is 32.8 Å². The summed E-state index contributed by atoms with van der Waals surface area (Å²) in [4.78, 5) is 36.6. The molecule has 0 saturated heterocycles. The average Bonchev–Trinajstić information content (AvgIpc) is 3.25. The van der Waals surface area contributed by atoms with E-state index in [1.54, 1.807) is 30.3 Å². The summed E-state index contributed by atoms with van der Waals surface area (Å²) in [6, 6.07) is 17.5. The Kier molecular flexibility index (Phi) is 6.75. The Balaban J connectivity index is 1.60. The van der Waals surface area contributed by atoms with Crippen LogP contribution >= 0.6 is 0 Å². The molecule has 7 heteroatoms. The molecule has 154 valence electrons. The van der Waals surface area contributed by atoms with E-state index in [0.717, 1.165) is 12.0 Å². The number of ketones is 1. The zero-order valence-electron chi connectivity index (χ0n) is 16.8. The molecule has 0 radical (unpaired) electrons. The average molecular weight is 405 g/mol. The molecule has 1 amide bonds. The standard InChI is InChI=1S/C23H23N3O4/c1-3-7-21(27)24-18-12-10-17(11-13-18)22(28)15(2)30-23(29)20-14-19(25-26-20)16-8-5-4-6-9-16/h4-6,8-15H,3,7H2,1-2H3,(H,24,27)(H,25,26)/t15-/m0/s1. The van der Waals surface area contributed by atoms with Gasteiger partial charge in [0.05, 0.1) is 5.69 Å². The van der Waals surface area contributed by atoms with Gasteiger partial charge in [-0.15, -0.1) is 0 Å². The summed E-state index contributed by atoms with van der Waals surface area (Å²) >= 11 is 0. The first kappa shape index (κ1) is 21.0. The largest absolute Gasteiger partial charge is 0.450 e. The zero-order valence-corrected chi connectivity index (χ0v) is 16.8. The summed E-state index contributed by atoms with van der Waals surface area (Å²) in [6.45, 7) is 3.45. The molecule has 0 spiro atoms. The van der Waals surface area contributed by atoms with Gasteiger partial charge in [-0.2, -0.15) is 5.10 Å². The van der Waals surface area contributed by atoms with Crippen molar-refractivity contribution in [2.75, 3.05) is 5.32 Å². The fourth-order valence-electron chi connectivity index (χ4n) is 2.86. The molecule has 0 bridgehead atoms. The highest BCUT2D eigenvalue weighted by Crippen LogP contribution is 2.18. The first-order valence-electron chi connectivity index (χ1n) is 9.74. The minimum atomic E-state index is -0.971. The van der Waals surface area contributed by atoms with Crippen LogP contribution in [-0.4, -0.2) is 34.0 Å². The van der Waals surface area contributed by atoms with Crippen LogP contribution in [0.15, 0.2) is 60.7 Å². The van der Waals surface area contributed by atoms with Crippen molar-refractivity contribution in [1.82, 2.24) is 10.2 Å². The van der Waals surface area contributed by atoms with Gasteiger partial charge in [0, 0.05) is 23.2 Å². The number of anilines is 1. The number of aromatic nitrogens is 2. The molecule has 3 aromatic rings. The molecule has 1 aromatic heterocycles. The molecule has 0 aliphatic rings. The van der Waals surface area contributed by atoms with Crippen LogP contribution in [0, 0.1) is 0 Å². The number of hydrogen-bond donors (Lipinski definition) is 2. The Hall–Kier alpha value is -3.74. The molecule has 0 saturated carbocycles. The number of esters is 1. The van der Waals surface area contributed by atoms with E-state index in [9.17, 15) is 14.4 Å². The summed E-state index contributed by atoms with van der Waals surface area (Å²) in [7, 11) is 0. The number of rotatable bonds is 8. The minimum Gasteiger partial charge on any atom is -0.450 e. The van der Waals surface area contributed by atoms with E-state index in [1.165, 1.54) is 6.92 Å². The number of H-pyrrole nitrogens is 1. The first-order chi connectivity index (χ1) is 14.5. The van der Waals surface area contributed by atoms with E-state index in [4.69, 9.17) is 4.74 Å². The van der Waals surface area contributed by atoms with Gasteiger partial charge in [-0.05, 0) is 43.7 Å². The molecule has 1 heterocycles. The van der Waals surface area contributed by atoms with Gasteiger partial charge >= 0.3 is 5.97 Å². The number of ether oxygens (including phenoxy) is 1. The fourth-order valence-corrected chi connectivity index (χ4v) is 2.86. The van der Waals surface area contributed by atoms with E-state index in [2.05, 4.69) is 15.5 Å². The van der Waals surface area contributed by atoms with Crippen molar-refractivity contribution < 1.29 is 19.1 Å². The van der Waals surface area contributed by atoms with E-state index in [-0.39, 0.29) is 17.4 Å². The molecule has 0 fully saturated rings. The molecule has 0 aliphatic carbocycles. The van der Waals surface area contributed by atoms with Gasteiger partial charge in [-0.25, -0.2) is 4.79 Å². The summed E-state index contributed by atoms with van der Waals surface area (Å²) in [5.74, 6) is -1.07. The van der Waals surface area contributed by atoms with Crippen molar-refractivity contribution in [3.63, 3.8) is 0 Å². The molecular formula is C23H23N3O4. The highest BCUT2D eigenvalue weighted by Gasteiger charge is 2.22. The van der Waals surface area contributed by atoms with E-state index in [0.29, 0.717) is 23.4 Å². The molecule has 7 nitrogen and oxygen atoms in total. The Labute approximate surface area is 174 Å². The highest BCUT2D eigenvalue weighted by molar-refractivity contribution is 6.01. The summed E-state index contributed by atoms with van der Waals surface area (Å²) in [5, 5.41) is 9.53. The number of nitrogens with zero attached hydrogens (tertiary/aromatic N) is 1. The molecule has 0 unspecified atom stereocenters. The van der Waals surface area contributed by atoms with E-state index in [1.807, 2.05) is 37.3 Å². The van der Waals surface area contributed by atoms with Crippen molar-refractivity contribution in [3.8, 4) is 11.3 Å². The highest BCUT2D eigenvalue weighted by atomic mass is 16.5. The van der Waals surface area contributed by atoms with Crippen LogP contribution in [0.3, 0.4) is 0 Å². The Morgan fingerprint density at radius 3 is 2.43 bits per heavy atom. The number of nitrogens with one attached hydrogen (secondary N) is 2. The third-order valence-electron chi connectivity index (χ3n) is 4.45. The van der Waals surface area contributed by atoms with Gasteiger partial charge in [0.1, 0.15) is 5.69 Å². The zero-order chi connectivity index (χ0) is 21.5. The number of Topliss-reactive ketones (excluding diaryl/α,β-unsaturated/α-hetero) is 1. The van der Waals surface area contributed by atoms with Crippen molar-refractivity contribution in [3.05, 3.63) is 71.9 Å². The monoisotopic (exact) mass is 405 g/mol. The van der Waals surface area contributed by atoms with E-state index < -0.39 is 12.1 Å². The van der Waals surface area contributed by atoms with Gasteiger partial charge in [0.25, 0.3) is 0 Å². The van der Waals surface area contributed by atoms with Crippen molar-refractivity contribution in [1.29, 1.82) is 0 Å². The lowest BCUT2D eigenvalue weighted by Crippen LogP contribution is -2.24. The van der Waals surface area contributed by atoms with Crippen LogP contribution in [-0.2, 0) is 9.53 Å². The lowest BCUT2D eigenvalue weighted by atomic mass is 10.1.